The topological polar surface area (TPSA) is 90.1 Å². The van der Waals surface area contributed by atoms with Crippen molar-refractivity contribution < 1.29 is 19.4 Å². The molecule has 0 amide bonds. The van der Waals surface area contributed by atoms with Gasteiger partial charge in [-0.1, -0.05) is 41.2 Å². The number of aryl methyl sites for hydroxylation is 1. The molecule has 2 aromatic carbocycles. The van der Waals surface area contributed by atoms with Crippen molar-refractivity contribution in [1.82, 2.24) is 4.57 Å². The number of hydrogen-bond donors (Lipinski definition) is 1. The second-order valence-corrected chi connectivity index (χ2v) is 10.5. The summed E-state index contributed by atoms with van der Waals surface area (Å²) in [6, 6.07) is 8.68. The highest BCUT2D eigenvalue weighted by molar-refractivity contribution is 9.13. The van der Waals surface area contributed by atoms with Crippen molar-refractivity contribution in [2.24, 2.45) is 4.99 Å². The molecule has 35 heavy (non-hydrogen) atoms. The first kappa shape index (κ1) is 25.4. The van der Waals surface area contributed by atoms with Crippen molar-refractivity contribution in [1.29, 1.82) is 0 Å². The van der Waals surface area contributed by atoms with Crippen molar-refractivity contribution in [2.75, 3.05) is 13.7 Å². The molecule has 0 radical (unpaired) electrons. The van der Waals surface area contributed by atoms with Crippen LogP contribution in [0.2, 0.25) is 0 Å². The summed E-state index contributed by atoms with van der Waals surface area (Å²) in [5.74, 6) is -0.285. The van der Waals surface area contributed by atoms with E-state index in [0.717, 1.165) is 11.1 Å². The number of thiazole rings is 1. The van der Waals surface area contributed by atoms with Gasteiger partial charge < -0.3 is 14.6 Å². The molecule has 0 spiro atoms. The first-order valence-electron chi connectivity index (χ1n) is 10.7. The van der Waals surface area contributed by atoms with Gasteiger partial charge in [0.2, 0.25) is 0 Å². The number of carbonyl (C=O) groups is 1. The molecule has 0 aliphatic carbocycles. The highest BCUT2D eigenvalue weighted by Gasteiger charge is 2.33. The summed E-state index contributed by atoms with van der Waals surface area (Å²) >= 11 is 8.04. The lowest BCUT2D eigenvalue weighted by Gasteiger charge is -2.24. The number of nitrogens with zero attached hydrogens (tertiary/aromatic N) is 2. The van der Waals surface area contributed by atoms with E-state index in [-0.39, 0.29) is 23.7 Å². The number of methoxy groups -OCH3 is 1. The first-order chi connectivity index (χ1) is 16.7. The minimum absolute atomic E-state index is 0.0490. The molecule has 1 atom stereocenters. The Bertz CT molecular complexity index is 1540. The molecule has 7 nitrogen and oxygen atoms in total. The Morgan fingerprint density at radius 1 is 1.23 bits per heavy atom. The largest absolute Gasteiger partial charge is 0.503 e. The summed E-state index contributed by atoms with van der Waals surface area (Å²) in [6.45, 7) is 5.69. The Balaban J connectivity index is 1.98. The lowest BCUT2D eigenvalue weighted by molar-refractivity contribution is -0.139. The third-order valence-electron chi connectivity index (χ3n) is 5.59. The number of phenols is 1. The van der Waals surface area contributed by atoms with Gasteiger partial charge in [-0.3, -0.25) is 9.36 Å². The molecule has 1 aromatic heterocycles. The van der Waals surface area contributed by atoms with Crippen molar-refractivity contribution in [2.45, 2.75) is 26.8 Å². The minimum Gasteiger partial charge on any atom is -0.503 e. The number of phenolic OH excluding ortho intramolecular Hbond substituents is 1. The zero-order valence-electron chi connectivity index (χ0n) is 19.4. The molecule has 0 fully saturated rings. The number of aromatic nitrogens is 1. The Kier molecular flexibility index (Phi) is 7.35. The predicted molar refractivity (Wildman–Crippen MR) is 142 cm³/mol. The molecule has 0 bridgehead atoms. The van der Waals surface area contributed by atoms with Crippen LogP contribution in [0.3, 0.4) is 0 Å². The molecule has 10 heteroatoms. The van der Waals surface area contributed by atoms with E-state index in [4.69, 9.17) is 9.47 Å². The van der Waals surface area contributed by atoms with Crippen LogP contribution in [0.15, 0.2) is 60.3 Å². The molecular formula is C25H22Br2N2O5S. The SMILES string of the molecule is CCOC(=O)C1=C(C)N=c2s/c(=C/c3cc(OC)c(O)c(Br)c3Br)c(=O)n2[C@@H]1c1ccc(C)cc1. The summed E-state index contributed by atoms with van der Waals surface area (Å²) in [5.41, 5.74) is 3.04. The highest BCUT2D eigenvalue weighted by Crippen LogP contribution is 2.42. The normalized spacial score (nSPS) is 15.6. The summed E-state index contributed by atoms with van der Waals surface area (Å²) in [7, 11) is 1.45. The number of carbonyl (C=O) groups excluding carboxylic acids is 1. The van der Waals surface area contributed by atoms with Crippen LogP contribution in [-0.2, 0) is 9.53 Å². The standard InChI is InChI=1S/C25H22Br2N2O5S/c1-5-34-24(32)18-13(3)28-25-29(21(18)14-8-6-12(2)7-9-14)23(31)17(35-25)11-15-10-16(33-4)22(30)20(27)19(15)26/h6-11,21,30H,5H2,1-4H3/b17-11+/t21-/m1/s1. The molecule has 0 saturated heterocycles. The van der Waals surface area contributed by atoms with Gasteiger partial charge in [0.1, 0.15) is 0 Å². The summed E-state index contributed by atoms with van der Waals surface area (Å²) in [6.07, 6.45) is 1.70. The van der Waals surface area contributed by atoms with E-state index in [1.54, 1.807) is 30.6 Å². The summed E-state index contributed by atoms with van der Waals surface area (Å²) < 4.78 is 13.5. The molecule has 182 valence electrons. The number of aromatic hydroxyl groups is 1. The molecule has 4 rings (SSSR count). The van der Waals surface area contributed by atoms with Crippen molar-refractivity contribution in [3.05, 3.63) is 86.9 Å². The van der Waals surface area contributed by atoms with E-state index in [0.29, 0.717) is 35.1 Å². The van der Waals surface area contributed by atoms with E-state index in [1.807, 2.05) is 31.2 Å². The molecule has 3 aromatic rings. The van der Waals surface area contributed by atoms with Crippen molar-refractivity contribution in [3.63, 3.8) is 0 Å². The van der Waals surface area contributed by atoms with Gasteiger partial charge in [0.05, 0.1) is 40.0 Å². The van der Waals surface area contributed by atoms with Gasteiger partial charge in [0.25, 0.3) is 5.56 Å². The number of rotatable bonds is 5. The smallest absolute Gasteiger partial charge is 0.338 e. The Hall–Kier alpha value is -2.69. The second-order valence-electron chi connectivity index (χ2n) is 7.86. The number of esters is 1. The molecule has 0 saturated carbocycles. The fourth-order valence-corrected chi connectivity index (χ4v) is 5.75. The van der Waals surface area contributed by atoms with Crippen LogP contribution in [0.5, 0.6) is 11.5 Å². The number of allylic oxidation sites excluding steroid dienone is 1. The fourth-order valence-electron chi connectivity index (χ4n) is 3.87. The van der Waals surface area contributed by atoms with Crippen LogP contribution in [0.1, 0.15) is 36.6 Å². The fraction of sp³-hybridized carbons (Fsp3) is 0.240. The van der Waals surface area contributed by atoms with Gasteiger partial charge in [-0.2, -0.15) is 0 Å². The zero-order valence-corrected chi connectivity index (χ0v) is 23.4. The van der Waals surface area contributed by atoms with Gasteiger partial charge in [0.15, 0.2) is 16.3 Å². The van der Waals surface area contributed by atoms with Crippen LogP contribution in [0.4, 0.5) is 0 Å². The molecular weight excluding hydrogens is 600 g/mol. The molecule has 0 unspecified atom stereocenters. The van der Waals surface area contributed by atoms with Gasteiger partial charge in [-0.15, -0.1) is 0 Å². The zero-order chi connectivity index (χ0) is 25.4. The Morgan fingerprint density at radius 2 is 1.91 bits per heavy atom. The van der Waals surface area contributed by atoms with Crippen molar-refractivity contribution >= 4 is 55.2 Å². The van der Waals surface area contributed by atoms with Crippen molar-refractivity contribution in [3.8, 4) is 11.5 Å². The molecule has 1 N–H and O–H groups in total. The van der Waals surface area contributed by atoms with Gasteiger partial charge in [0, 0.05) is 4.47 Å². The van der Waals surface area contributed by atoms with Crippen LogP contribution >= 0.6 is 43.2 Å². The highest BCUT2D eigenvalue weighted by atomic mass is 79.9. The number of halogens is 2. The number of fused-ring (bicyclic) bond motifs is 1. The van der Waals surface area contributed by atoms with Gasteiger partial charge in [-0.25, -0.2) is 9.79 Å². The van der Waals surface area contributed by atoms with E-state index >= 15 is 0 Å². The van der Waals surface area contributed by atoms with Gasteiger partial charge in [-0.05, 0) is 75.9 Å². The lowest BCUT2D eigenvalue weighted by atomic mass is 9.95. The van der Waals surface area contributed by atoms with Crippen LogP contribution in [0.25, 0.3) is 6.08 Å². The Labute approximate surface area is 222 Å². The molecule has 1 aliphatic rings. The Morgan fingerprint density at radius 3 is 2.54 bits per heavy atom. The summed E-state index contributed by atoms with van der Waals surface area (Å²) in [4.78, 5) is 31.7. The molecule has 1 aliphatic heterocycles. The maximum atomic E-state index is 13.7. The third-order valence-corrected chi connectivity index (χ3v) is 8.73. The molecule has 2 heterocycles. The lowest BCUT2D eigenvalue weighted by Crippen LogP contribution is -2.39. The summed E-state index contributed by atoms with van der Waals surface area (Å²) in [5, 5.41) is 10.2. The predicted octanol–water partition coefficient (Wildman–Crippen LogP) is 4.35. The first-order valence-corrected chi connectivity index (χ1v) is 13.1. The number of ether oxygens (including phenoxy) is 2. The van der Waals surface area contributed by atoms with E-state index in [9.17, 15) is 14.7 Å². The van der Waals surface area contributed by atoms with E-state index in [2.05, 4.69) is 36.9 Å². The quantitative estimate of drug-likeness (QED) is 0.428. The average Bonchev–Trinajstić information content (AvgIpc) is 3.13. The number of hydrogen-bond acceptors (Lipinski definition) is 7. The number of benzene rings is 2. The minimum atomic E-state index is -0.669. The van der Waals surface area contributed by atoms with Crippen LogP contribution < -0.4 is 19.6 Å². The van der Waals surface area contributed by atoms with E-state index < -0.39 is 12.0 Å². The maximum absolute atomic E-state index is 13.7. The second kappa shape index (κ2) is 10.1. The third kappa shape index (κ3) is 4.62. The van der Waals surface area contributed by atoms with E-state index in [1.165, 1.54) is 18.4 Å². The van der Waals surface area contributed by atoms with Gasteiger partial charge >= 0.3 is 5.97 Å². The monoisotopic (exact) mass is 620 g/mol. The maximum Gasteiger partial charge on any atom is 0.338 e. The van der Waals surface area contributed by atoms with Crippen LogP contribution in [0, 0.1) is 6.92 Å². The van der Waals surface area contributed by atoms with Crippen LogP contribution in [-0.4, -0.2) is 29.4 Å². The average molecular weight is 622 g/mol.